The summed E-state index contributed by atoms with van der Waals surface area (Å²) in [6.07, 6.45) is 3.25. The van der Waals surface area contributed by atoms with Crippen LogP contribution in [0.4, 0.5) is 5.95 Å². The molecule has 196 valence electrons. The summed E-state index contributed by atoms with van der Waals surface area (Å²) in [6, 6.07) is 21.0. The quantitative estimate of drug-likeness (QED) is 0.305. The van der Waals surface area contributed by atoms with Gasteiger partial charge in [0.15, 0.2) is 0 Å². The number of amides is 1. The predicted molar refractivity (Wildman–Crippen MR) is 147 cm³/mol. The molecule has 1 saturated carbocycles. The van der Waals surface area contributed by atoms with Gasteiger partial charge in [-0.3, -0.25) is 14.7 Å². The molecule has 5 rings (SSSR count). The minimum Gasteiger partial charge on any atom is -0.497 e. The van der Waals surface area contributed by atoms with Crippen molar-refractivity contribution in [2.75, 3.05) is 19.0 Å². The Morgan fingerprint density at radius 3 is 2.32 bits per heavy atom. The van der Waals surface area contributed by atoms with Gasteiger partial charge in [0.25, 0.3) is 0 Å². The molecule has 0 bridgehead atoms. The van der Waals surface area contributed by atoms with E-state index in [4.69, 9.17) is 16.3 Å². The molecular weight excluding hydrogens is 524 g/mol. The van der Waals surface area contributed by atoms with E-state index in [1.54, 1.807) is 48.1 Å². The number of sulfonamides is 1. The fraction of sp³-hybridized carbons (Fsp3) is 0.214. The molecule has 1 fully saturated rings. The zero-order valence-corrected chi connectivity index (χ0v) is 22.5. The summed E-state index contributed by atoms with van der Waals surface area (Å²) in [5.41, 5.74) is 3.15. The molecule has 0 spiro atoms. The summed E-state index contributed by atoms with van der Waals surface area (Å²) in [7, 11) is -2.24. The number of nitrogens with one attached hydrogen (secondary N) is 1. The molecule has 1 heterocycles. The summed E-state index contributed by atoms with van der Waals surface area (Å²) in [4.78, 5) is 18.1. The molecule has 0 saturated heterocycles. The molecule has 0 aliphatic heterocycles. The Bertz CT molecular complexity index is 1550. The van der Waals surface area contributed by atoms with E-state index < -0.39 is 15.9 Å². The zero-order valence-electron chi connectivity index (χ0n) is 21.0. The molecule has 0 atom stereocenters. The van der Waals surface area contributed by atoms with Crippen LogP contribution in [0, 0.1) is 6.92 Å². The SMILES string of the molecule is COc1ccc(-n2cc(-c3ccc(Cl)cc3)nc2NC(=O)CN(C2CC2)S(=O)(=O)c2ccc(C)cc2)cc1. The van der Waals surface area contributed by atoms with Crippen molar-refractivity contribution >= 4 is 33.5 Å². The molecule has 1 aliphatic rings. The van der Waals surface area contributed by atoms with Crippen LogP contribution >= 0.6 is 11.6 Å². The third kappa shape index (κ3) is 5.60. The van der Waals surface area contributed by atoms with Gasteiger partial charge in [-0.2, -0.15) is 4.31 Å². The first-order valence-corrected chi connectivity index (χ1v) is 13.9. The molecule has 4 aromatic rings. The average Bonchev–Trinajstić information content (AvgIpc) is 3.67. The molecule has 0 unspecified atom stereocenters. The summed E-state index contributed by atoms with van der Waals surface area (Å²) in [6.45, 7) is 1.58. The van der Waals surface area contributed by atoms with Crippen molar-refractivity contribution in [3.8, 4) is 22.7 Å². The summed E-state index contributed by atoms with van der Waals surface area (Å²) in [5.74, 6) is 0.489. The second-order valence-electron chi connectivity index (χ2n) is 9.17. The maximum Gasteiger partial charge on any atom is 0.243 e. The molecule has 1 aromatic heterocycles. The van der Waals surface area contributed by atoms with E-state index >= 15 is 0 Å². The number of anilines is 1. The van der Waals surface area contributed by atoms with Gasteiger partial charge < -0.3 is 4.74 Å². The topological polar surface area (TPSA) is 93.5 Å². The minimum absolute atomic E-state index is 0.174. The van der Waals surface area contributed by atoms with E-state index in [1.807, 2.05) is 49.5 Å². The van der Waals surface area contributed by atoms with E-state index in [9.17, 15) is 13.2 Å². The van der Waals surface area contributed by atoms with Crippen LogP contribution in [-0.2, 0) is 14.8 Å². The van der Waals surface area contributed by atoms with Crippen LogP contribution in [0.25, 0.3) is 16.9 Å². The number of aryl methyl sites for hydroxylation is 1. The van der Waals surface area contributed by atoms with Crippen LogP contribution < -0.4 is 10.1 Å². The lowest BCUT2D eigenvalue weighted by Gasteiger charge is -2.21. The van der Waals surface area contributed by atoms with Crippen molar-refractivity contribution in [3.63, 3.8) is 0 Å². The molecular formula is C28H27ClN4O4S. The van der Waals surface area contributed by atoms with Crippen LogP contribution in [0.5, 0.6) is 5.75 Å². The number of halogens is 1. The van der Waals surface area contributed by atoms with Crippen molar-refractivity contribution in [1.82, 2.24) is 13.9 Å². The van der Waals surface area contributed by atoms with Gasteiger partial charge in [-0.05, 0) is 68.3 Å². The Morgan fingerprint density at radius 1 is 1.05 bits per heavy atom. The molecule has 10 heteroatoms. The monoisotopic (exact) mass is 550 g/mol. The number of nitrogens with zero attached hydrogens (tertiary/aromatic N) is 3. The number of benzene rings is 3. The van der Waals surface area contributed by atoms with Crippen molar-refractivity contribution in [3.05, 3.63) is 89.6 Å². The van der Waals surface area contributed by atoms with E-state index in [2.05, 4.69) is 10.3 Å². The number of aromatic nitrogens is 2. The number of carbonyl (C=O) groups excluding carboxylic acids is 1. The molecule has 3 aromatic carbocycles. The number of imidazole rings is 1. The van der Waals surface area contributed by atoms with Gasteiger partial charge in [0, 0.05) is 28.5 Å². The highest BCUT2D eigenvalue weighted by atomic mass is 35.5. The second-order valence-corrected chi connectivity index (χ2v) is 11.5. The third-order valence-corrected chi connectivity index (χ3v) is 8.49. The second kappa shape index (κ2) is 10.6. The highest BCUT2D eigenvalue weighted by molar-refractivity contribution is 7.89. The largest absolute Gasteiger partial charge is 0.497 e. The van der Waals surface area contributed by atoms with E-state index in [1.165, 1.54) is 4.31 Å². The fourth-order valence-electron chi connectivity index (χ4n) is 4.09. The van der Waals surface area contributed by atoms with Crippen LogP contribution in [0.3, 0.4) is 0 Å². The number of hydrogen-bond acceptors (Lipinski definition) is 5. The van der Waals surface area contributed by atoms with E-state index in [0.717, 1.165) is 29.7 Å². The summed E-state index contributed by atoms with van der Waals surface area (Å²) < 4.78 is 35.1. The first-order valence-electron chi connectivity index (χ1n) is 12.1. The van der Waals surface area contributed by atoms with Gasteiger partial charge in [-0.1, -0.05) is 41.4 Å². The van der Waals surface area contributed by atoms with Gasteiger partial charge in [-0.15, -0.1) is 0 Å². The van der Waals surface area contributed by atoms with Crippen molar-refractivity contribution in [2.45, 2.75) is 30.7 Å². The Balaban J connectivity index is 1.44. The number of methoxy groups -OCH3 is 1. The molecule has 1 N–H and O–H groups in total. The molecule has 1 aliphatic carbocycles. The minimum atomic E-state index is -3.83. The lowest BCUT2D eigenvalue weighted by atomic mass is 10.2. The van der Waals surface area contributed by atoms with E-state index in [0.29, 0.717) is 16.5 Å². The number of rotatable bonds is 9. The van der Waals surface area contributed by atoms with Gasteiger partial charge in [0.2, 0.25) is 21.9 Å². The average molecular weight is 551 g/mol. The van der Waals surface area contributed by atoms with Crippen LogP contribution in [-0.4, -0.2) is 47.9 Å². The Kier molecular flexibility index (Phi) is 7.25. The molecule has 1 amide bonds. The van der Waals surface area contributed by atoms with Crippen LogP contribution in [0.2, 0.25) is 5.02 Å². The Labute approximate surface area is 226 Å². The normalized spacial score (nSPS) is 13.5. The van der Waals surface area contributed by atoms with Gasteiger partial charge in [0.1, 0.15) is 5.75 Å². The number of hydrogen-bond donors (Lipinski definition) is 1. The smallest absolute Gasteiger partial charge is 0.243 e. The fourth-order valence-corrected chi connectivity index (χ4v) is 5.86. The lowest BCUT2D eigenvalue weighted by molar-refractivity contribution is -0.116. The maximum atomic E-state index is 13.4. The maximum absolute atomic E-state index is 13.4. The van der Waals surface area contributed by atoms with Gasteiger partial charge >= 0.3 is 0 Å². The predicted octanol–water partition coefficient (Wildman–Crippen LogP) is 5.30. The van der Waals surface area contributed by atoms with Gasteiger partial charge in [-0.25, -0.2) is 13.4 Å². The summed E-state index contributed by atoms with van der Waals surface area (Å²) in [5, 5.41) is 3.44. The standard InChI is InChI=1S/C28H27ClN4O4S/c1-19-3-15-25(16-4-19)38(35,36)33(23-9-10-23)18-27(34)31-28-30-26(20-5-7-21(29)8-6-20)17-32(28)22-11-13-24(37-2)14-12-22/h3-8,11-17,23H,9-10,18H2,1-2H3,(H,30,31,34). The highest BCUT2D eigenvalue weighted by Crippen LogP contribution is 2.32. The van der Waals surface area contributed by atoms with Crippen LogP contribution in [0.1, 0.15) is 18.4 Å². The first kappa shape index (κ1) is 26.0. The Morgan fingerprint density at radius 2 is 1.71 bits per heavy atom. The van der Waals surface area contributed by atoms with E-state index in [-0.39, 0.29) is 23.4 Å². The molecule has 0 radical (unpaired) electrons. The third-order valence-electron chi connectivity index (χ3n) is 6.33. The summed E-state index contributed by atoms with van der Waals surface area (Å²) >= 11 is 6.05. The van der Waals surface area contributed by atoms with Crippen molar-refractivity contribution in [1.29, 1.82) is 0 Å². The lowest BCUT2D eigenvalue weighted by Crippen LogP contribution is -2.39. The van der Waals surface area contributed by atoms with Crippen molar-refractivity contribution < 1.29 is 17.9 Å². The van der Waals surface area contributed by atoms with Crippen LogP contribution in [0.15, 0.2) is 83.9 Å². The first-order chi connectivity index (χ1) is 18.2. The molecule has 38 heavy (non-hydrogen) atoms. The number of ether oxygens (including phenoxy) is 1. The molecule has 8 nitrogen and oxygen atoms in total. The van der Waals surface area contributed by atoms with Gasteiger partial charge in [0.05, 0.1) is 24.2 Å². The highest BCUT2D eigenvalue weighted by Gasteiger charge is 2.39. The zero-order chi connectivity index (χ0) is 26.9. The number of carbonyl (C=O) groups is 1. The van der Waals surface area contributed by atoms with Crippen molar-refractivity contribution in [2.24, 2.45) is 0 Å². The Hall–Kier alpha value is -3.66.